The van der Waals surface area contributed by atoms with Crippen molar-refractivity contribution in [1.29, 1.82) is 0 Å². The van der Waals surface area contributed by atoms with E-state index in [2.05, 4.69) is 18.7 Å². The summed E-state index contributed by atoms with van der Waals surface area (Å²) in [5.41, 5.74) is 0. The molecule has 0 aromatic carbocycles. The third kappa shape index (κ3) is 2.00. The number of amides is 1. The van der Waals surface area contributed by atoms with Crippen LogP contribution in [0, 0.1) is 17.8 Å². The lowest BCUT2D eigenvalue weighted by molar-refractivity contribution is -0.135. The van der Waals surface area contributed by atoms with Gasteiger partial charge in [-0.2, -0.15) is 11.8 Å². The van der Waals surface area contributed by atoms with E-state index in [1.807, 2.05) is 11.8 Å². The summed E-state index contributed by atoms with van der Waals surface area (Å²) in [5.74, 6) is 3.54. The fraction of sp³-hybridized carbons (Fsp3) is 0.929. The SMILES string of the molecule is CC1SCCN(C(=O)C2C3CCCCC32)C1C. The first-order chi connectivity index (χ1) is 8.20. The first-order valence-corrected chi connectivity index (χ1v) is 8.17. The fourth-order valence-corrected chi connectivity index (χ4v) is 4.89. The highest BCUT2D eigenvalue weighted by Gasteiger charge is 2.56. The number of fused-ring (bicyclic) bond motifs is 1. The molecule has 1 aliphatic heterocycles. The predicted molar refractivity (Wildman–Crippen MR) is 72.0 cm³/mol. The summed E-state index contributed by atoms with van der Waals surface area (Å²) in [7, 11) is 0. The van der Waals surface area contributed by atoms with Crippen molar-refractivity contribution in [2.45, 2.75) is 50.8 Å². The summed E-state index contributed by atoms with van der Waals surface area (Å²) in [6, 6.07) is 0.434. The van der Waals surface area contributed by atoms with Crippen molar-refractivity contribution < 1.29 is 4.79 Å². The van der Waals surface area contributed by atoms with Gasteiger partial charge in [0.25, 0.3) is 0 Å². The molecule has 2 nitrogen and oxygen atoms in total. The Morgan fingerprint density at radius 2 is 1.82 bits per heavy atom. The van der Waals surface area contributed by atoms with Crippen LogP contribution in [0.5, 0.6) is 0 Å². The Hall–Kier alpha value is -0.180. The van der Waals surface area contributed by atoms with Crippen LogP contribution in [0.25, 0.3) is 0 Å². The highest BCUT2D eigenvalue weighted by molar-refractivity contribution is 8.00. The second-order valence-electron chi connectivity index (χ2n) is 5.99. The van der Waals surface area contributed by atoms with Crippen LogP contribution in [0.1, 0.15) is 39.5 Å². The zero-order valence-corrected chi connectivity index (χ0v) is 11.7. The Morgan fingerprint density at radius 1 is 1.18 bits per heavy atom. The van der Waals surface area contributed by atoms with Gasteiger partial charge >= 0.3 is 0 Å². The van der Waals surface area contributed by atoms with Crippen molar-refractivity contribution >= 4 is 17.7 Å². The normalized spacial score (nSPS) is 45.3. The van der Waals surface area contributed by atoms with Crippen LogP contribution in [0.2, 0.25) is 0 Å². The molecule has 2 aliphatic carbocycles. The van der Waals surface area contributed by atoms with E-state index in [1.54, 1.807) is 0 Å². The van der Waals surface area contributed by atoms with Crippen molar-refractivity contribution in [3.63, 3.8) is 0 Å². The van der Waals surface area contributed by atoms with Crippen LogP contribution in [0.3, 0.4) is 0 Å². The molecule has 1 saturated heterocycles. The molecule has 1 heterocycles. The molecular formula is C14H23NOS. The number of nitrogens with zero attached hydrogens (tertiary/aromatic N) is 1. The van der Waals surface area contributed by atoms with E-state index >= 15 is 0 Å². The topological polar surface area (TPSA) is 20.3 Å². The Bertz CT molecular complexity index is 307. The second-order valence-corrected chi connectivity index (χ2v) is 7.47. The van der Waals surface area contributed by atoms with Crippen molar-refractivity contribution in [3.8, 4) is 0 Å². The molecule has 0 radical (unpaired) electrons. The van der Waals surface area contributed by atoms with E-state index in [-0.39, 0.29) is 0 Å². The van der Waals surface area contributed by atoms with Gasteiger partial charge in [0.05, 0.1) is 0 Å². The molecule has 0 aromatic heterocycles. The maximum Gasteiger partial charge on any atom is 0.226 e. The number of hydrogen-bond donors (Lipinski definition) is 0. The maximum atomic E-state index is 12.6. The molecule has 0 bridgehead atoms. The molecule has 3 rings (SSSR count). The maximum absolute atomic E-state index is 12.6. The molecule has 17 heavy (non-hydrogen) atoms. The zero-order chi connectivity index (χ0) is 12.0. The van der Waals surface area contributed by atoms with Crippen LogP contribution in [-0.2, 0) is 4.79 Å². The third-order valence-electron chi connectivity index (χ3n) is 5.11. The highest BCUT2D eigenvalue weighted by atomic mass is 32.2. The minimum atomic E-state index is 0.412. The largest absolute Gasteiger partial charge is 0.338 e. The quantitative estimate of drug-likeness (QED) is 0.716. The van der Waals surface area contributed by atoms with E-state index in [1.165, 1.54) is 25.7 Å². The molecule has 4 unspecified atom stereocenters. The summed E-state index contributed by atoms with van der Waals surface area (Å²) >= 11 is 2.01. The van der Waals surface area contributed by atoms with Crippen LogP contribution >= 0.6 is 11.8 Å². The Balaban J connectivity index is 1.66. The summed E-state index contributed by atoms with van der Waals surface area (Å²) in [6.45, 7) is 5.46. The van der Waals surface area contributed by atoms with Gasteiger partial charge in [0.1, 0.15) is 0 Å². The summed E-state index contributed by atoms with van der Waals surface area (Å²) in [4.78, 5) is 14.8. The van der Waals surface area contributed by atoms with Gasteiger partial charge in [-0.1, -0.05) is 19.8 Å². The standard InChI is InChI=1S/C14H23NOS/c1-9-10(2)17-8-7-15(9)14(16)13-11-5-3-4-6-12(11)13/h9-13H,3-8H2,1-2H3. The number of rotatable bonds is 1. The molecule has 1 amide bonds. The Kier molecular flexibility index (Phi) is 3.14. The molecule has 0 spiro atoms. The van der Waals surface area contributed by atoms with E-state index in [9.17, 15) is 4.79 Å². The lowest BCUT2D eigenvalue weighted by Crippen LogP contribution is -2.48. The average molecular weight is 253 g/mol. The molecule has 0 N–H and O–H groups in total. The van der Waals surface area contributed by atoms with E-state index < -0.39 is 0 Å². The second kappa shape index (κ2) is 4.49. The van der Waals surface area contributed by atoms with E-state index in [0.29, 0.717) is 23.1 Å². The summed E-state index contributed by atoms with van der Waals surface area (Å²) < 4.78 is 0. The summed E-state index contributed by atoms with van der Waals surface area (Å²) in [5, 5.41) is 0.605. The molecule has 3 fully saturated rings. The van der Waals surface area contributed by atoms with Gasteiger partial charge in [-0.05, 0) is 31.6 Å². The van der Waals surface area contributed by atoms with Gasteiger partial charge in [0.15, 0.2) is 0 Å². The Labute approximate surface area is 109 Å². The number of hydrogen-bond acceptors (Lipinski definition) is 2. The highest BCUT2D eigenvalue weighted by Crippen LogP contribution is 2.56. The van der Waals surface area contributed by atoms with Gasteiger partial charge in [-0.3, -0.25) is 4.79 Å². The summed E-state index contributed by atoms with van der Waals surface area (Å²) in [6.07, 6.45) is 5.33. The minimum Gasteiger partial charge on any atom is -0.338 e. The lowest BCUT2D eigenvalue weighted by atomic mass is 10.0. The van der Waals surface area contributed by atoms with E-state index in [4.69, 9.17) is 0 Å². The van der Waals surface area contributed by atoms with Gasteiger partial charge in [0, 0.05) is 29.5 Å². The molecule has 4 atom stereocenters. The first kappa shape index (κ1) is 11.9. The molecule has 0 aromatic rings. The third-order valence-corrected chi connectivity index (χ3v) is 6.45. The molecule has 3 heteroatoms. The molecule has 3 aliphatic rings. The number of thioether (sulfide) groups is 1. The van der Waals surface area contributed by atoms with Gasteiger partial charge in [0.2, 0.25) is 5.91 Å². The van der Waals surface area contributed by atoms with Crippen LogP contribution in [-0.4, -0.2) is 34.4 Å². The first-order valence-electron chi connectivity index (χ1n) is 7.12. The number of carbonyl (C=O) groups excluding carboxylic acids is 1. The lowest BCUT2D eigenvalue weighted by Gasteiger charge is -2.37. The average Bonchev–Trinajstić information content (AvgIpc) is 3.06. The fourth-order valence-electron chi connectivity index (χ4n) is 3.79. The molecular weight excluding hydrogens is 230 g/mol. The van der Waals surface area contributed by atoms with E-state index in [0.717, 1.165) is 24.1 Å². The van der Waals surface area contributed by atoms with Gasteiger partial charge in [-0.25, -0.2) is 0 Å². The zero-order valence-electron chi connectivity index (χ0n) is 10.9. The van der Waals surface area contributed by atoms with Crippen molar-refractivity contribution in [2.24, 2.45) is 17.8 Å². The van der Waals surface area contributed by atoms with Crippen molar-refractivity contribution in [1.82, 2.24) is 4.90 Å². The van der Waals surface area contributed by atoms with Crippen molar-refractivity contribution in [2.75, 3.05) is 12.3 Å². The van der Waals surface area contributed by atoms with Gasteiger partial charge < -0.3 is 4.90 Å². The van der Waals surface area contributed by atoms with Gasteiger partial charge in [-0.15, -0.1) is 0 Å². The molecule has 2 saturated carbocycles. The predicted octanol–water partition coefficient (Wildman–Crippen LogP) is 2.78. The van der Waals surface area contributed by atoms with Crippen LogP contribution < -0.4 is 0 Å². The van der Waals surface area contributed by atoms with Crippen molar-refractivity contribution in [3.05, 3.63) is 0 Å². The van der Waals surface area contributed by atoms with Crippen LogP contribution in [0.4, 0.5) is 0 Å². The molecule has 96 valence electrons. The Morgan fingerprint density at radius 3 is 2.47 bits per heavy atom. The minimum absolute atomic E-state index is 0.412. The smallest absolute Gasteiger partial charge is 0.226 e. The number of carbonyl (C=O) groups is 1. The monoisotopic (exact) mass is 253 g/mol. The van der Waals surface area contributed by atoms with Crippen LogP contribution in [0.15, 0.2) is 0 Å².